The number of carbonyl (C=O) groups excluding carboxylic acids is 2. The maximum absolute atomic E-state index is 12.5. The van der Waals surface area contributed by atoms with Gasteiger partial charge in [0, 0.05) is 31.4 Å². The van der Waals surface area contributed by atoms with Crippen molar-refractivity contribution < 1.29 is 19.1 Å². The number of fused-ring (bicyclic) bond motifs is 1. The SMILES string of the molecule is CCOc1cc2c(cc1OCC)CN(CC(=O)Nc1ccc(C(=O)NC)cc1)CC2. The van der Waals surface area contributed by atoms with Crippen LogP contribution in [0.1, 0.15) is 35.3 Å². The zero-order chi connectivity index (χ0) is 21.5. The standard InChI is InChI=1S/C23H29N3O4/c1-4-29-20-12-17-10-11-26(14-18(17)13-21(20)30-5-2)15-22(27)25-19-8-6-16(7-9-19)23(28)24-3/h6-9,12-13H,4-5,10-11,14-15H2,1-3H3,(H,24,28)(H,25,27). The molecule has 2 N–H and O–H groups in total. The third kappa shape index (κ3) is 5.30. The number of nitrogens with zero attached hydrogens (tertiary/aromatic N) is 1. The monoisotopic (exact) mass is 411 g/mol. The molecule has 2 aromatic rings. The Morgan fingerprint density at radius 1 is 1.00 bits per heavy atom. The van der Waals surface area contributed by atoms with Crippen LogP contribution in [0.5, 0.6) is 11.5 Å². The zero-order valence-electron chi connectivity index (χ0n) is 17.8. The van der Waals surface area contributed by atoms with E-state index in [0.29, 0.717) is 37.6 Å². The second-order valence-corrected chi connectivity index (χ2v) is 7.10. The minimum absolute atomic E-state index is 0.0814. The van der Waals surface area contributed by atoms with E-state index in [1.165, 1.54) is 5.56 Å². The van der Waals surface area contributed by atoms with E-state index in [9.17, 15) is 9.59 Å². The Balaban J connectivity index is 1.62. The molecule has 160 valence electrons. The van der Waals surface area contributed by atoms with Crippen LogP contribution in [0.4, 0.5) is 5.69 Å². The van der Waals surface area contributed by atoms with Crippen molar-refractivity contribution >= 4 is 17.5 Å². The number of nitrogens with one attached hydrogen (secondary N) is 2. The lowest BCUT2D eigenvalue weighted by atomic mass is 9.98. The smallest absolute Gasteiger partial charge is 0.251 e. The van der Waals surface area contributed by atoms with Crippen molar-refractivity contribution in [2.45, 2.75) is 26.8 Å². The van der Waals surface area contributed by atoms with Gasteiger partial charge in [0.25, 0.3) is 5.91 Å². The van der Waals surface area contributed by atoms with E-state index in [2.05, 4.69) is 21.6 Å². The van der Waals surface area contributed by atoms with Crippen LogP contribution in [0, 0.1) is 0 Å². The van der Waals surface area contributed by atoms with E-state index in [4.69, 9.17) is 9.47 Å². The quantitative estimate of drug-likeness (QED) is 0.698. The van der Waals surface area contributed by atoms with E-state index in [-0.39, 0.29) is 11.8 Å². The zero-order valence-corrected chi connectivity index (χ0v) is 17.8. The lowest BCUT2D eigenvalue weighted by molar-refractivity contribution is -0.117. The second kappa shape index (κ2) is 10.1. The number of hydrogen-bond donors (Lipinski definition) is 2. The maximum atomic E-state index is 12.5. The van der Waals surface area contributed by atoms with Gasteiger partial charge in [0.2, 0.25) is 5.91 Å². The van der Waals surface area contributed by atoms with Crippen LogP contribution in [0.3, 0.4) is 0 Å². The lowest BCUT2D eigenvalue weighted by Gasteiger charge is -2.29. The minimum Gasteiger partial charge on any atom is -0.490 e. The van der Waals surface area contributed by atoms with Gasteiger partial charge < -0.3 is 20.1 Å². The topological polar surface area (TPSA) is 79.9 Å². The molecule has 1 aliphatic heterocycles. The molecule has 30 heavy (non-hydrogen) atoms. The fraction of sp³-hybridized carbons (Fsp3) is 0.391. The highest BCUT2D eigenvalue weighted by atomic mass is 16.5. The van der Waals surface area contributed by atoms with Gasteiger partial charge >= 0.3 is 0 Å². The van der Waals surface area contributed by atoms with Gasteiger partial charge in [-0.1, -0.05) is 0 Å². The van der Waals surface area contributed by atoms with Crippen molar-refractivity contribution in [1.29, 1.82) is 0 Å². The Morgan fingerprint density at radius 3 is 2.23 bits per heavy atom. The predicted octanol–water partition coefficient (Wildman–Crippen LogP) is 2.84. The highest BCUT2D eigenvalue weighted by Crippen LogP contribution is 2.33. The molecule has 1 aliphatic rings. The predicted molar refractivity (Wildman–Crippen MR) is 116 cm³/mol. The normalized spacial score (nSPS) is 13.3. The van der Waals surface area contributed by atoms with E-state index in [0.717, 1.165) is 30.0 Å². The average molecular weight is 412 g/mol. The lowest BCUT2D eigenvalue weighted by Crippen LogP contribution is -2.37. The number of hydrogen-bond acceptors (Lipinski definition) is 5. The number of carbonyl (C=O) groups is 2. The van der Waals surface area contributed by atoms with Gasteiger partial charge in [0.1, 0.15) is 0 Å². The molecule has 0 spiro atoms. The number of ether oxygens (including phenoxy) is 2. The Kier molecular flexibility index (Phi) is 7.30. The summed E-state index contributed by atoms with van der Waals surface area (Å²) in [5.74, 6) is 1.30. The molecule has 0 aliphatic carbocycles. The molecule has 7 nitrogen and oxygen atoms in total. The molecule has 0 saturated carbocycles. The highest BCUT2D eigenvalue weighted by Gasteiger charge is 2.21. The Hall–Kier alpha value is -3.06. The largest absolute Gasteiger partial charge is 0.490 e. The maximum Gasteiger partial charge on any atom is 0.251 e. The van der Waals surface area contributed by atoms with E-state index >= 15 is 0 Å². The van der Waals surface area contributed by atoms with E-state index in [1.807, 2.05) is 19.9 Å². The van der Waals surface area contributed by atoms with Crippen LogP contribution in [0.15, 0.2) is 36.4 Å². The summed E-state index contributed by atoms with van der Waals surface area (Å²) in [6, 6.07) is 10.9. The Bertz CT molecular complexity index is 896. The van der Waals surface area contributed by atoms with Gasteiger partial charge in [-0.15, -0.1) is 0 Å². The van der Waals surface area contributed by atoms with Crippen molar-refractivity contribution in [3.8, 4) is 11.5 Å². The second-order valence-electron chi connectivity index (χ2n) is 7.10. The van der Waals surface area contributed by atoms with Gasteiger partial charge in [0.15, 0.2) is 11.5 Å². The van der Waals surface area contributed by atoms with E-state index in [1.54, 1.807) is 31.3 Å². The molecule has 1 heterocycles. The Labute approximate surface area is 177 Å². The summed E-state index contributed by atoms with van der Waals surface area (Å²) in [6.45, 7) is 6.86. The van der Waals surface area contributed by atoms with Crippen molar-refractivity contribution in [3.63, 3.8) is 0 Å². The molecule has 0 fully saturated rings. The summed E-state index contributed by atoms with van der Waals surface area (Å²) >= 11 is 0. The molecular weight excluding hydrogens is 382 g/mol. The molecule has 0 saturated heterocycles. The summed E-state index contributed by atoms with van der Waals surface area (Å²) in [5.41, 5.74) is 3.63. The highest BCUT2D eigenvalue weighted by molar-refractivity contribution is 5.96. The molecule has 2 aromatic carbocycles. The summed E-state index contributed by atoms with van der Waals surface area (Å²) in [5, 5.41) is 5.47. The van der Waals surface area contributed by atoms with Crippen LogP contribution in [-0.2, 0) is 17.8 Å². The molecule has 7 heteroatoms. The van der Waals surface area contributed by atoms with Gasteiger partial charge in [-0.05, 0) is 67.8 Å². The fourth-order valence-corrected chi connectivity index (χ4v) is 3.55. The van der Waals surface area contributed by atoms with Gasteiger partial charge in [0.05, 0.1) is 19.8 Å². The number of amides is 2. The molecular formula is C23H29N3O4. The van der Waals surface area contributed by atoms with Gasteiger partial charge in [-0.25, -0.2) is 0 Å². The van der Waals surface area contributed by atoms with E-state index < -0.39 is 0 Å². The van der Waals surface area contributed by atoms with Crippen LogP contribution < -0.4 is 20.1 Å². The molecule has 2 amide bonds. The van der Waals surface area contributed by atoms with Gasteiger partial charge in [-0.3, -0.25) is 14.5 Å². The molecule has 0 atom stereocenters. The number of benzene rings is 2. The Morgan fingerprint density at radius 2 is 1.63 bits per heavy atom. The molecule has 3 rings (SSSR count). The first kappa shape index (κ1) is 21.6. The van der Waals surface area contributed by atoms with Crippen LogP contribution >= 0.6 is 0 Å². The molecule has 0 bridgehead atoms. The first-order valence-corrected chi connectivity index (χ1v) is 10.3. The number of anilines is 1. The number of rotatable bonds is 8. The molecule has 0 aromatic heterocycles. The molecule has 0 radical (unpaired) electrons. The third-order valence-electron chi connectivity index (χ3n) is 4.98. The van der Waals surface area contributed by atoms with Crippen molar-refractivity contribution in [3.05, 3.63) is 53.1 Å². The summed E-state index contributed by atoms with van der Waals surface area (Å²) < 4.78 is 11.5. The first-order valence-electron chi connectivity index (χ1n) is 10.3. The average Bonchev–Trinajstić information content (AvgIpc) is 2.74. The minimum atomic E-state index is -0.154. The molecule has 0 unspecified atom stereocenters. The fourth-order valence-electron chi connectivity index (χ4n) is 3.55. The van der Waals surface area contributed by atoms with Crippen molar-refractivity contribution in [1.82, 2.24) is 10.2 Å². The first-order chi connectivity index (χ1) is 14.5. The summed E-state index contributed by atoms with van der Waals surface area (Å²) in [4.78, 5) is 26.2. The van der Waals surface area contributed by atoms with Crippen LogP contribution in [-0.4, -0.2) is 50.1 Å². The van der Waals surface area contributed by atoms with Gasteiger partial charge in [-0.2, -0.15) is 0 Å². The van der Waals surface area contributed by atoms with Crippen molar-refractivity contribution in [2.24, 2.45) is 0 Å². The summed E-state index contributed by atoms with van der Waals surface area (Å²) in [7, 11) is 1.59. The summed E-state index contributed by atoms with van der Waals surface area (Å²) in [6.07, 6.45) is 0.857. The van der Waals surface area contributed by atoms with Crippen LogP contribution in [0.2, 0.25) is 0 Å². The van der Waals surface area contributed by atoms with Crippen LogP contribution in [0.25, 0.3) is 0 Å². The third-order valence-corrected chi connectivity index (χ3v) is 4.98. The van der Waals surface area contributed by atoms with Crippen molar-refractivity contribution in [2.75, 3.05) is 38.7 Å².